The van der Waals surface area contributed by atoms with E-state index in [1.54, 1.807) is 0 Å². The van der Waals surface area contributed by atoms with Gasteiger partial charge in [-0.3, -0.25) is 0 Å². The molecule has 4 rings (SSSR count). The highest BCUT2D eigenvalue weighted by Gasteiger charge is 2.20. The summed E-state index contributed by atoms with van der Waals surface area (Å²) in [7, 11) is 0. The maximum atomic E-state index is 2.39. The number of benzene rings is 1. The Labute approximate surface area is 144 Å². The zero-order valence-corrected chi connectivity index (χ0v) is 14.5. The molecule has 2 aliphatic rings. The second kappa shape index (κ2) is 5.83. The van der Waals surface area contributed by atoms with E-state index < -0.39 is 0 Å². The van der Waals surface area contributed by atoms with Gasteiger partial charge in [-0.25, -0.2) is 0 Å². The van der Waals surface area contributed by atoms with Gasteiger partial charge < -0.3 is 4.57 Å². The molecule has 1 aromatic heterocycles. The molecule has 2 unspecified atom stereocenters. The highest BCUT2D eigenvalue weighted by molar-refractivity contribution is 5.83. The molecule has 0 radical (unpaired) electrons. The smallest absolute Gasteiger partial charge is 0.0537 e. The molecule has 1 heterocycles. The number of allylic oxidation sites excluding steroid dienone is 4. The van der Waals surface area contributed by atoms with Crippen molar-refractivity contribution in [2.75, 3.05) is 0 Å². The largest absolute Gasteiger partial charge is 0.309 e. The van der Waals surface area contributed by atoms with Crippen LogP contribution in [0.15, 0.2) is 48.6 Å². The van der Waals surface area contributed by atoms with Crippen molar-refractivity contribution in [3.05, 3.63) is 76.6 Å². The summed E-state index contributed by atoms with van der Waals surface area (Å²) in [4.78, 5) is 0. The van der Waals surface area contributed by atoms with Gasteiger partial charge in [-0.1, -0.05) is 68.0 Å². The highest BCUT2D eigenvalue weighted by atomic mass is 15.0. The molecule has 1 nitrogen and oxygen atoms in total. The van der Waals surface area contributed by atoms with Crippen LogP contribution in [0.1, 0.15) is 41.9 Å². The molecule has 0 saturated carbocycles. The van der Waals surface area contributed by atoms with Crippen LogP contribution in [-0.2, 0) is 0 Å². The van der Waals surface area contributed by atoms with Crippen molar-refractivity contribution in [3.63, 3.8) is 0 Å². The van der Waals surface area contributed by atoms with E-state index in [4.69, 9.17) is 0 Å². The van der Waals surface area contributed by atoms with E-state index in [1.807, 2.05) is 0 Å². The number of aromatic nitrogens is 1. The van der Waals surface area contributed by atoms with Crippen molar-refractivity contribution in [3.8, 4) is 5.69 Å². The van der Waals surface area contributed by atoms with E-state index in [0.717, 1.165) is 0 Å². The Bertz CT molecular complexity index is 834. The molecule has 0 amide bonds. The molecule has 1 heteroatoms. The van der Waals surface area contributed by atoms with Gasteiger partial charge in [0.1, 0.15) is 0 Å². The zero-order chi connectivity index (χ0) is 16.7. The van der Waals surface area contributed by atoms with Crippen LogP contribution in [0.5, 0.6) is 0 Å². The number of rotatable bonds is 1. The summed E-state index contributed by atoms with van der Waals surface area (Å²) in [5.74, 6) is 0.924. The third kappa shape index (κ3) is 2.50. The average Bonchev–Trinajstić information content (AvgIpc) is 2.70. The average molecular weight is 313 g/mol. The minimum Gasteiger partial charge on any atom is -0.309 e. The van der Waals surface area contributed by atoms with E-state index in [2.05, 4.69) is 98.2 Å². The van der Waals surface area contributed by atoms with Crippen LogP contribution in [0.2, 0.25) is 0 Å². The first-order chi connectivity index (χ1) is 11.6. The first-order valence-electron chi connectivity index (χ1n) is 8.72. The molecule has 2 atom stereocenters. The Morgan fingerprint density at radius 2 is 1.12 bits per heavy atom. The summed E-state index contributed by atoms with van der Waals surface area (Å²) in [6.45, 7) is 6.59. The maximum absolute atomic E-state index is 2.39. The van der Waals surface area contributed by atoms with E-state index in [0.29, 0.717) is 11.8 Å². The lowest BCUT2D eigenvalue weighted by Crippen LogP contribution is -2.00. The number of hydrogen-bond donors (Lipinski definition) is 0. The molecule has 24 heavy (non-hydrogen) atoms. The zero-order valence-electron chi connectivity index (χ0n) is 14.5. The molecular formula is C23H23N. The number of fused-ring (bicyclic) bond motifs is 3. The lowest BCUT2D eigenvalue weighted by atomic mass is 10.1. The van der Waals surface area contributed by atoms with Crippen LogP contribution in [0.3, 0.4) is 0 Å². The molecule has 2 aromatic rings. The van der Waals surface area contributed by atoms with Crippen LogP contribution in [0.4, 0.5) is 0 Å². The Morgan fingerprint density at radius 1 is 0.667 bits per heavy atom. The van der Waals surface area contributed by atoms with Crippen molar-refractivity contribution >= 4 is 24.3 Å². The Kier molecular flexibility index (Phi) is 3.65. The summed E-state index contributed by atoms with van der Waals surface area (Å²) in [6, 6.07) is 8.80. The summed E-state index contributed by atoms with van der Waals surface area (Å²) in [6.07, 6.45) is 18.3. The third-order valence-corrected chi connectivity index (χ3v) is 4.86. The van der Waals surface area contributed by atoms with Gasteiger partial charge >= 0.3 is 0 Å². The first kappa shape index (κ1) is 15.0. The van der Waals surface area contributed by atoms with Crippen molar-refractivity contribution in [2.45, 2.75) is 20.8 Å². The quantitative estimate of drug-likeness (QED) is 0.596. The predicted octanol–water partition coefficient (Wildman–Crippen LogP) is 6.14. The first-order valence-corrected chi connectivity index (χ1v) is 8.72. The monoisotopic (exact) mass is 313 g/mol. The number of aryl methyl sites for hydroxylation is 1. The van der Waals surface area contributed by atoms with Crippen LogP contribution in [0, 0.1) is 18.8 Å². The molecule has 0 fully saturated rings. The highest BCUT2D eigenvalue weighted by Crippen LogP contribution is 2.35. The van der Waals surface area contributed by atoms with E-state index in [-0.39, 0.29) is 0 Å². The van der Waals surface area contributed by atoms with Gasteiger partial charge in [0.25, 0.3) is 0 Å². The summed E-state index contributed by atoms with van der Waals surface area (Å²) in [5.41, 5.74) is 7.69. The van der Waals surface area contributed by atoms with Crippen molar-refractivity contribution in [2.24, 2.45) is 11.8 Å². The molecule has 2 aliphatic carbocycles. The summed E-state index contributed by atoms with van der Waals surface area (Å²) >= 11 is 0. The van der Waals surface area contributed by atoms with Crippen LogP contribution in [0.25, 0.3) is 30.0 Å². The lowest BCUT2D eigenvalue weighted by Gasteiger charge is -2.11. The lowest BCUT2D eigenvalue weighted by molar-refractivity contribution is 0.950. The van der Waals surface area contributed by atoms with Gasteiger partial charge in [0.2, 0.25) is 0 Å². The van der Waals surface area contributed by atoms with Crippen molar-refractivity contribution in [1.29, 1.82) is 0 Å². The number of hydrogen-bond acceptors (Lipinski definition) is 0. The fourth-order valence-electron chi connectivity index (χ4n) is 3.41. The van der Waals surface area contributed by atoms with Crippen molar-refractivity contribution < 1.29 is 0 Å². The van der Waals surface area contributed by atoms with Gasteiger partial charge in [-0.15, -0.1) is 0 Å². The number of nitrogens with zero attached hydrogens (tertiary/aromatic N) is 1. The van der Waals surface area contributed by atoms with Crippen LogP contribution >= 0.6 is 0 Å². The minimum atomic E-state index is 0.462. The van der Waals surface area contributed by atoms with Gasteiger partial charge in [-0.05, 0) is 43.0 Å². The Balaban J connectivity index is 2.03. The maximum Gasteiger partial charge on any atom is 0.0537 e. The van der Waals surface area contributed by atoms with Gasteiger partial charge in [0.15, 0.2) is 0 Å². The van der Waals surface area contributed by atoms with Crippen LogP contribution < -0.4 is 0 Å². The van der Waals surface area contributed by atoms with E-state index in [1.165, 1.54) is 33.8 Å². The molecule has 1 aromatic carbocycles. The molecule has 0 aliphatic heterocycles. The second-order valence-electron chi connectivity index (χ2n) is 6.92. The Hall–Kier alpha value is -2.54. The molecule has 120 valence electrons. The van der Waals surface area contributed by atoms with Crippen molar-refractivity contribution in [1.82, 2.24) is 4.57 Å². The molecular weight excluding hydrogens is 290 g/mol. The SMILES string of the molecule is Cc1ccc(-n2c3c(c4c2C=CC(C)C=C4)C=CC(C)C=C3)cc1. The van der Waals surface area contributed by atoms with Crippen LogP contribution in [-0.4, -0.2) is 4.57 Å². The van der Waals surface area contributed by atoms with E-state index in [9.17, 15) is 0 Å². The minimum absolute atomic E-state index is 0.462. The summed E-state index contributed by atoms with van der Waals surface area (Å²) in [5, 5.41) is 0. The third-order valence-electron chi connectivity index (χ3n) is 4.86. The molecule has 0 bridgehead atoms. The van der Waals surface area contributed by atoms with Gasteiger partial charge in [-0.2, -0.15) is 0 Å². The topological polar surface area (TPSA) is 4.93 Å². The fourth-order valence-corrected chi connectivity index (χ4v) is 3.41. The van der Waals surface area contributed by atoms with E-state index >= 15 is 0 Å². The fraction of sp³-hybridized carbons (Fsp3) is 0.217. The molecule has 0 N–H and O–H groups in total. The molecule has 0 saturated heterocycles. The standard InChI is InChI=1S/C23H23N/c1-16-4-10-19(11-5-16)24-22-14-8-17(2)6-12-20(22)21-13-7-18(3)9-15-23(21)24/h4-15,17-18H,1-3H3. The Morgan fingerprint density at radius 3 is 1.62 bits per heavy atom. The normalized spacial score (nSPS) is 21.3. The summed E-state index contributed by atoms with van der Waals surface area (Å²) < 4.78 is 2.39. The predicted molar refractivity (Wildman–Crippen MR) is 105 cm³/mol. The van der Waals surface area contributed by atoms with Gasteiger partial charge in [0.05, 0.1) is 11.4 Å². The van der Waals surface area contributed by atoms with Gasteiger partial charge in [0, 0.05) is 16.8 Å². The second-order valence-corrected chi connectivity index (χ2v) is 6.92. The molecule has 0 spiro atoms.